The zero-order valence-electron chi connectivity index (χ0n) is 12.8. The van der Waals surface area contributed by atoms with Crippen LogP contribution in [-0.2, 0) is 10.0 Å². The molecule has 6 nitrogen and oxygen atoms in total. The Morgan fingerprint density at radius 2 is 2.09 bits per heavy atom. The first kappa shape index (κ1) is 17.5. The maximum absolute atomic E-state index is 13.9. The van der Waals surface area contributed by atoms with Crippen molar-refractivity contribution >= 4 is 27.3 Å². The standard InChI is InChI=1S/C14H16FN3O3S2/c1-8-7-22-13(17-8)9(2)18(3)14(19)11-6-10(23(16,20)21)4-5-12(11)15/h4-7,9H,1-3H3,(H2,16,20,21)/t9-/m1/s1. The van der Waals surface area contributed by atoms with Gasteiger partial charge in [0, 0.05) is 18.1 Å². The fourth-order valence-electron chi connectivity index (χ4n) is 1.94. The first-order valence-electron chi connectivity index (χ1n) is 6.63. The number of nitrogens with two attached hydrogens (primary N) is 1. The fraction of sp³-hybridized carbons (Fsp3) is 0.286. The third kappa shape index (κ3) is 3.74. The summed E-state index contributed by atoms with van der Waals surface area (Å²) in [6, 6.07) is 2.51. The number of amides is 1. The molecule has 0 fully saturated rings. The first-order valence-corrected chi connectivity index (χ1v) is 9.05. The molecule has 124 valence electrons. The van der Waals surface area contributed by atoms with Crippen molar-refractivity contribution < 1.29 is 17.6 Å². The molecule has 1 aromatic carbocycles. The summed E-state index contributed by atoms with van der Waals surface area (Å²) in [5.74, 6) is -1.45. The molecule has 2 aromatic rings. The summed E-state index contributed by atoms with van der Waals surface area (Å²) in [7, 11) is -2.51. The van der Waals surface area contributed by atoms with E-state index in [2.05, 4.69) is 4.98 Å². The van der Waals surface area contributed by atoms with Gasteiger partial charge in [0.15, 0.2) is 0 Å². The predicted octanol–water partition coefficient (Wildman–Crippen LogP) is 2.07. The number of aryl methyl sites for hydroxylation is 1. The third-order valence-corrected chi connectivity index (χ3v) is 5.44. The summed E-state index contributed by atoms with van der Waals surface area (Å²) >= 11 is 1.40. The van der Waals surface area contributed by atoms with Gasteiger partial charge in [-0.1, -0.05) is 0 Å². The lowest BCUT2D eigenvalue weighted by atomic mass is 10.1. The van der Waals surface area contributed by atoms with Crippen LogP contribution in [0.1, 0.15) is 34.0 Å². The Kier molecular flexibility index (Phi) is 4.83. The van der Waals surface area contributed by atoms with Gasteiger partial charge in [-0.15, -0.1) is 11.3 Å². The van der Waals surface area contributed by atoms with Crippen LogP contribution in [0.25, 0.3) is 0 Å². The van der Waals surface area contributed by atoms with E-state index in [4.69, 9.17) is 5.14 Å². The normalized spacial score (nSPS) is 12.9. The van der Waals surface area contributed by atoms with Gasteiger partial charge in [-0.3, -0.25) is 4.79 Å². The molecule has 1 atom stereocenters. The Labute approximate surface area is 137 Å². The van der Waals surface area contributed by atoms with Gasteiger partial charge in [0.05, 0.1) is 16.5 Å². The molecule has 1 amide bonds. The van der Waals surface area contributed by atoms with Crippen LogP contribution < -0.4 is 5.14 Å². The van der Waals surface area contributed by atoms with Crippen LogP contribution in [-0.4, -0.2) is 31.3 Å². The molecule has 1 aromatic heterocycles. The van der Waals surface area contributed by atoms with Crippen LogP contribution in [0.3, 0.4) is 0 Å². The van der Waals surface area contributed by atoms with Gasteiger partial charge in [0.1, 0.15) is 10.8 Å². The van der Waals surface area contributed by atoms with Crippen LogP contribution in [0.5, 0.6) is 0 Å². The number of thiazole rings is 1. The highest BCUT2D eigenvalue weighted by molar-refractivity contribution is 7.89. The molecule has 0 aliphatic carbocycles. The fourth-order valence-corrected chi connectivity index (χ4v) is 3.38. The summed E-state index contributed by atoms with van der Waals surface area (Å²) in [5.41, 5.74) is 0.485. The van der Waals surface area contributed by atoms with Crippen molar-refractivity contribution in [2.24, 2.45) is 5.14 Å². The van der Waals surface area contributed by atoms with Gasteiger partial charge in [-0.25, -0.2) is 22.9 Å². The number of nitrogens with zero attached hydrogens (tertiary/aromatic N) is 2. The lowest BCUT2D eigenvalue weighted by Gasteiger charge is -2.23. The number of benzene rings is 1. The van der Waals surface area contributed by atoms with Crippen LogP contribution >= 0.6 is 11.3 Å². The molecular weight excluding hydrogens is 341 g/mol. The van der Waals surface area contributed by atoms with Crippen molar-refractivity contribution in [3.63, 3.8) is 0 Å². The van der Waals surface area contributed by atoms with Gasteiger partial charge in [-0.05, 0) is 32.0 Å². The summed E-state index contributed by atoms with van der Waals surface area (Å²) in [6.45, 7) is 3.60. The first-order chi connectivity index (χ1) is 10.6. The Morgan fingerprint density at radius 3 is 2.61 bits per heavy atom. The van der Waals surface area contributed by atoms with Crippen molar-refractivity contribution in [2.75, 3.05) is 7.05 Å². The molecule has 2 N–H and O–H groups in total. The summed E-state index contributed by atoms with van der Waals surface area (Å²) in [6.07, 6.45) is 0. The van der Waals surface area contributed by atoms with E-state index >= 15 is 0 Å². The highest BCUT2D eigenvalue weighted by Gasteiger charge is 2.24. The average Bonchev–Trinajstić information content (AvgIpc) is 2.90. The molecule has 1 heterocycles. The van der Waals surface area contributed by atoms with E-state index < -0.39 is 21.7 Å². The number of hydrogen-bond acceptors (Lipinski definition) is 5. The maximum Gasteiger partial charge on any atom is 0.257 e. The van der Waals surface area contributed by atoms with Crippen molar-refractivity contribution in [1.82, 2.24) is 9.88 Å². The number of halogens is 1. The number of hydrogen-bond donors (Lipinski definition) is 1. The molecule has 0 unspecified atom stereocenters. The number of sulfonamides is 1. The van der Waals surface area contributed by atoms with Crippen LogP contribution in [0, 0.1) is 12.7 Å². The second kappa shape index (κ2) is 6.34. The smallest absolute Gasteiger partial charge is 0.257 e. The number of carbonyl (C=O) groups excluding carboxylic acids is 1. The van der Waals surface area contributed by atoms with Gasteiger partial charge in [0.25, 0.3) is 5.91 Å². The van der Waals surface area contributed by atoms with Crippen molar-refractivity contribution in [1.29, 1.82) is 0 Å². The monoisotopic (exact) mass is 357 g/mol. The summed E-state index contributed by atoms with van der Waals surface area (Å²) < 4.78 is 36.7. The highest BCUT2D eigenvalue weighted by Crippen LogP contribution is 2.25. The lowest BCUT2D eigenvalue weighted by molar-refractivity contribution is 0.0737. The number of primary sulfonamides is 1. The Bertz CT molecular complexity index is 849. The van der Waals surface area contributed by atoms with E-state index in [1.165, 1.54) is 23.3 Å². The Hall–Kier alpha value is -1.84. The molecule has 0 aliphatic heterocycles. The van der Waals surface area contributed by atoms with Crippen LogP contribution in [0.4, 0.5) is 4.39 Å². The van der Waals surface area contributed by atoms with Crippen molar-refractivity contribution in [2.45, 2.75) is 24.8 Å². The molecule has 0 bridgehead atoms. The van der Waals surface area contributed by atoms with Crippen molar-refractivity contribution in [3.05, 3.63) is 45.7 Å². The minimum Gasteiger partial charge on any atom is -0.332 e. The van der Waals surface area contributed by atoms with Crippen LogP contribution in [0.2, 0.25) is 0 Å². The number of carbonyl (C=O) groups is 1. The predicted molar refractivity (Wildman–Crippen MR) is 85.1 cm³/mol. The maximum atomic E-state index is 13.9. The molecular formula is C14H16FN3O3S2. The van der Waals surface area contributed by atoms with E-state index in [1.54, 1.807) is 6.92 Å². The van der Waals surface area contributed by atoms with Gasteiger partial charge < -0.3 is 4.90 Å². The van der Waals surface area contributed by atoms with Gasteiger partial charge in [0.2, 0.25) is 10.0 Å². The topological polar surface area (TPSA) is 93.4 Å². The summed E-state index contributed by atoms with van der Waals surface area (Å²) in [4.78, 5) is 17.8. The second-order valence-corrected chi connectivity index (χ2v) is 7.56. The molecule has 0 aliphatic rings. The lowest BCUT2D eigenvalue weighted by Crippen LogP contribution is -2.30. The van der Waals surface area contributed by atoms with E-state index in [0.29, 0.717) is 5.01 Å². The number of aromatic nitrogens is 1. The Morgan fingerprint density at radius 1 is 1.43 bits per heavy atom. The van der Waals surface area contributed by atoms with E-state index in [1.807, 2.05) is 12.3 Å². The highest BCUT2D eigenvalue weighted by atomic mass is 32.2. The molecule has 0 radical (unpaired) electrons. The average molecular weight is 357 g/mol. The second-order valence-electron chi connectivity index (χ2n) is 5.11. The summed E-state index contributed by atoms with van der Waals surface area (Å²) in [5, 5.41) is 7.59. The quantitative estimate of drug-likeness (QED) is 0.906. The third-order valence-electron chi connectivity index (χ3n) is 3.39. The minimum atomic E-state index is -4.02. The van der Waals surface area contributed by atoms with E-state index in [-0.39, 0.29) is 16.5 Å². The van der Waals surface area contributed by atoms with E-state index in [9.17, 15) is 17.6 Å². The number of rotatable bonds is 4. The molecule has 2 rings (SSSR count). The SMILES string of the molecule is Cc1csc([C@@H](C)N(C)C(=O)c2cc(S(N)(=O)=O)ccc2F)n1. The molecule has 23 heavy (non-hydrogen) atoms. The largest absolute Gasteiger partial charge is 0.332 e. The zero-order chi connectivity index (χ0) is 17.4. The molecule has 9 heteroatoms. The molecule has 0 saturated heterocycles. The van der Waals surface area contributed by atoms with Crippen LogP contribution in [0.15, 0.2) is 28.5 Å². The van der Waals surface area contributed by atoms with Crippen molar-refractivity contribution in [3.8, 4) is 0 Å². The van der Waals surface area contributed by atoms with Gasteiger partial charge in [-0.2, -0.15) is 0 Å². The van der Waals surface area contributed by atoms with Gasteiger partial charge >= 0.3 is 0 Å². The minimum absolute atomic E-state index is 0.312. The zero-order valence-corrected chi connectivity index (χ0v) is 14.4. The van der Waals surface area contributed by atoms with E-state index in [0.717, 1.165) is 23.9 Å². The molecule has 0 spiro atoms. The molecule has 0 saturated carbocycles. The Balaban J connectivity index is 2.36.